The van der Waals surface area contributed by atoms with Crippen LogP contribution in [0.15, 0.2) is 22.7 Å². The van der Waals surface area contributed by atoms with Crippen LogP contribution in [-0.2, 0) is 0 Å². The molecule has 0 amide bonds. The van der Waals surface area contributed by atoms with Crippen LogP contribution in [0, 0.1) is 27.4 Å². The van der Waals surface area contributed by atoms with Crippen molar-refractivity contribution in [3.8, 4) is 17.6 Å². The van der Waals surface area contributed by atoms with Crippen molar-refractivity contribution in [2.75, 3.05) is 6.61 Å². The van der Waals surface area contributed by atoms with Crippen LogP contribution in [-0.4, -0.2) is 11.5 Å². The van der Waals surface area contributed by atoms with Gasteiger partial charge in [0.1, 0.15) is 12.4 Å². The topological polar surface area (TPSA) is 52.4 Å². The zero-order chi connectivity index (χ0) is 13.8. The first-order chi connectivity index (χ1) is 8.29. The van der Waals surface area contributed by atoms with Crippen LogP contribution in [0.1, 0.15) is 20.8 Å². The van der Waals surface area contributed by atoms with Gasteiger partial charge in [0.05, 0.1) is 15.5 Å². The standard InChI is InChI=1S/C13H14BrNO3/c1-13(2,3)7-4-8-18-12-9-10(15(16)17)5-6-11(12)14/h5-6,9H,8H2,1-3H3. The molecule has 96 valence electrons. The fourth-order valence-electron chi connectivity index (χ4n) is 1.13. The summed E-state index contributed by atoms with van der Waals surface area (Å²) in [6.07, 6.45) is 0. The molecule has 0 saturated heterocycles. The monoisotopic (exact) mass is 311 g/mol. The summed E-state index contributed by atoms with van der Waals surface area (Å²) < 4.78 is 6.07. The minimum Gasteiger partial charge on any atom is -0.479 e. The first-order valence-electron chi connectivity index (χ1n) is 5.36. The van der Waals surface area contributed by atoms with Gasteiger partial charge in [-0.2, -0.15) is 0 Å². The normalized spacial score (nSPS) is 10.4. The van der Waals surface area contributed by atoms with Crippen molar-refractivity contribution < 1.29 is 9.66 Å². The van der Waals surface area contributed by atoms with Crippen molar-refractivity contribution in [1.29, 1.82) is 0 Å². The van der Waals surface area contributed by atoms with Crippen LogP contribution in [0.2, 0.25) is 0 Å². The fourth-order valence-corrected chi connectivity index (χ4v) is 1.49. The van der Waals surface area contributed by atoms with E-state index in [2.05, 4.69) is 27.8 Å². The van der Waals surface area contributed by atoms with Gasteiger partial charge in [-0.25, -0.2) is 0 Å². The lowest BCUT2D eigenvalue weighted by Gasteiger charge is -2.08. The third-order valence-corrected chi connectivity index (χ3v) is 2.54. The molecule has 0 N–H and O–H groups in total. The Balaban J connectivity index is 2.75. The van der Waals surface area contributed by atoms with E-state index in [1.807, 2.05) is 20.8 Å². The Kier molecular flexibility index (Phi) is 4.74. The molecule has 0 radical (unpaired) electrons. The van der Waals surface area contributed by atoms with E-state index in [0.717, 1.165) is 0 Å². The predicted molar refractivity (Wildman–Crippen MR) is 73.5 cm³/mol. The van der Waals surface area contributed by atoms with E-state index in [-0.39, 0.29) is 17.7 Å². The number of rotatable bonds is 3. The number of halogens is 1. The van der Waals surface area contributed by atoms with Crippen LogP contribution in [0.5, 0.6) is 5.75 Å². The van der Waals surface area contributed by atoms with Crippen molar-refractivity contribution in [3.05, 3.63) is 32.8 Å². The van der Waals surface area contributed by atoms with Gasteiger partial charge in [-0.3, -0.25) is 10.1 Å². The van der Waals surface area contributed by atoms with E-state index in [9.17, 15) is 10.1 Å². The second kappa shape index (κ2) is 5.87. The summed E-state index contributed by atoms with van der Waals surface area (Å²) in [6.45, 7) is 6.22. The number of non-ortho nitro benzene ring substituents is 1. The van der Waals surface area contributed by atoms with Gasteiger partial charge in [-0.15, -0.1) is 0 Å². The quantitative estimate of drug-likeness (QED) is 0.485. The summed E-state index contributed by atoms with van der Waals surface area (Å²) in [7, 11) is 0. The van der Waals surface area contributed by atoms with Gasteiger partial charge in [0, 0.05) is 11.5 Å². The van der Waals surface area contributed by atoms with E-state index in [1.54, 1.807) is 6.07 Å². The first kappa shape index (κ1) is 14.5. The Morgan fingerprint density at radius 3 is 2.67 bits per heavy atom. The molecular formula is C13H14BrNO3. The molecule has 0 fully saturated rings. The molecule has 18 heavy (non-hydrogen) atoms. The van der Waals surface area contributed by atoms with Gasteiger partial charge in [-0.1, -0.05) is 11.8 Å². The van der Waals surface area contributed by atoms with Crippen molar-refractivity contribution in [2.24, 2.45) is 5.41 Å². The number of hydrogen-bond acceptors (Lipinski definition) is 3. The maximum Gasteiger partial charge on any atom is 0.273 e. The smallest absolute Gasteiger partial charge is 0.273 e. The number of nitro benzene ring substituents is 1. The Labute approximate surface area is 115 Å². The molecule has 0 atom stereocenters. The summed E-state index contributed by atoms with van der Waals surface area (Å²) in [5.74, 6) is 6.34. The Hall–Kier alpha value is -1.54. The second-order valence-corrected chi connectivity index (χ2v) is 5.57. The molecule has 0 bridgehead atoms. The number of nitro groups is 1. The van der Waals surface area contributed by atoms with Crippen LogP contribution in [0.3, 0.4) is 0 Å². The van der Waals surface area contributed by atoms with E-state index in [1.165, 1.54) is 12.1 Å². The predicted octanol–water partition coefficient (Wildman–Crippen LogP) is 3.79. The zero-order valence-electron chi connectivity index (χ0n) is 10.5. The molecule has 0 aliphatic carbocycles. The highest BCUT2D eigenvalue weighted by Gasteiger charge is 2.10. The van der Waals surface area contributed by atoms with E-state index in [4.69, 9.17) is 4.74 Å². The summed E-state index contributed by atoms with van der Waals surface area (Å²) in [4.78, 5) is 10.2. The van der Waals surface area contributed by atoms with Gasteiger partial charge in [0.15, 0.2) is 0 Å². The third kappa shape index (κ3) is 4.76. The van der Waals surface area contributed by atoms with Crippen LogP contribution >= 0.6 is 15.9 Å². The van der Waals surface area contributed by atoms with Crippen LogP contribution < -0.4 is 4.74 Å². The Morgan fingerprint density at radius 2 is 2.11 bits per heavy atom. The van der Waals surface area contributed by atoms with Crippen molar-refractivity contribution in [2.45, 2.75) is 20.8 Å². The van der Waals surface area contributed by atoms with Gasteiger partial charge < -0.3 is 4.74 Å². The highest BCUT2D eigenvalue weighted by atomic mass is 79.9. The molecular weight excluding hydrogens is 298 g/mol. The van der Waals surface area contributed by atoms with Gasteiger partial charge >= 0.3 is 0 Å². The maximum atomic E-state index is 10.6. The summed E-state index contributed by atoms with van der Waals surface area (Å²) in [5, 5.41) is 10.6. The Morgan fingerprint density at radius 1 is 1.44 bits per heavy atom. The lowest BCUT2D eigenvalue weighted by molar-refractivity contribution is -0.384. The SMILES string of the molecule is CC(C)(C)C#CCOc1cc([N+](=O)[O-])ccc1Br. The number of benzene rings is 1. The average Bonchev–Trinajstić information content (AvgIpc) is 2.24. The molecule has 0 aliphatic rings. The number of hydrogen-bond donors (Lipinski definition) is 0. The maximum absolute atomic E-state index is 10.6. The lowest BCUT2D eigenvalue weighted by Crippen LogP contribution is -2.02. The molecule has 0 aliphatic heterocycles. The molecule has 0 saturated carbocycles. The van der Waals surface area contributed by atoms with Gasteiger partial charge in [0.25, 0.3) is 5.69 Å². The van der Waals surface area contributed by atoms with E-state index < -0.39 is 4.92 Å². The molecule has 0 heterocycles. The zero-order valence-corrected chi connectivity index (χ0v) is 12.1. The third-order valence-electron chi connectivity index (χ3n) is 1.89. The average molecular weight is 312 g/mol. The summed E-state index contributed by atoms with van der Waals surface area (Å²) in [6, 6.07) is 4.38. The molecule has 1 aromatic carbocycles. The molecule has 0 aromatic heterocycles. The second-order valence-electron chi connectivity index (χ2n) is 4.71. The number of nitrogens with zero attached hydrogens (tertiary/aromatic N) is 1. The van der Waals surface area contributed by atoms with Crippen molar-refractivity contribution >= 4 is 21.6 Å². The van der Waals surface area contributed by atoms with E-state index >= 15 is 0 Å². The van der Waals surface area contributed by atoms with Gasteiger partial charge in [-0.05, 0) is 42.8 Å². The summed E-state index contributed by atoms with van der Waals surface area (Å²) in [5.41, 5.74) is -0.0829. The molecule has 5 heteroatoms. The molecule has 1 rings (SSSR count). The largest absolute Gasteiger partial charge is 0.479 e. The highest BCUT2D eigenvalue weighted by molar-refractivity contribution is 9.10. The van der Waals surface area contributed by atoms with E-state index in [0.29, 0.717) is 10.2 Å². The van der Waals surface area contributed by atoms with Gasteiger partial charge in [0.2, 0.25) is 0 Å². The number of ether oxygens (including phenoxy) is 1. The molecule has 0 unspecified atom stereocenters. The lowest BCUT2D eigenvalue weighted by atomic mass is 9.98. The van der Waals surface area contributed by atoms with Crippen molar-refractivity contribution in [3.63, 3.8) is 0 Å². The first-order valence-corrected chi connectivity index (χ1v) is 6.16. The fraction of sp³-hybridized carbons (Fsp3) is 0.385. The van der Waals surface area contributed by atoms with Crippen molar-refractivity contribution in [1.82, 2.24) is 0 Å². The van der Waals surface area contributed by atoms with Crippen LogP contribution in [0.25, 0.3) is 0 Å². The minimum absolute atomic E-state index is 0.00280. The highest BCUT2D eigenvalue weighted by Crippen LogP contribution is 2.29. The summed E-state index contributed by atoms with van der Waals surface area (Å²) >= 11 is 3.28. The molecule has 4 nitrogen and oxygen atoms in total. The molecule has 0 spiro atoms. The van der Waals surface area contributed by atoms with Crippen LogP contribution in [0.4, 0.5) is 5.69 Å². The molecule has 1 aromatic rings. The Bertz CT molecular complexity index is 509. The minimum atomic E-state index is -0.458.